The Labute approximate surface area is 193 Å². The minimum absolute atomic E-state index is 0.00482. The highest BCUT2D eigenvalue weighted by Gasteiger charge is 2.31. The molecule has 0 unspecified atom stereocenters. The van der Waals surface area contributed by atoms with Crippen LogP contribution in [0.3, 0.4) is 0 Å². The Morgan fingerprint density at radius 3 is 2.58 bits per heavy atom. The first kappa shape index (κ1) is 21.8. The van der Waals surface area contributed by atoms with Crippen LogP contribution < -0.4 is 5.32 Å². The van der Waals surface area contributed by atoms with E-state index in [0.29, 0.717) is 47.6 Å². The van der Waals surface area contributed by atoms with Gasteiger partial charge in [0.2, 0.25) is 0 Å². The first-order valence-corrected chi connectivity index (χ1v) is 12.0. The van der Waals surface area contributed by atoms with Crippen LogP contribution in [-0.4, -0.2) is 41.1 Å². The Balaban J connectivity index is 1.31. The van der Waals surface area contributed by atoms with Crippen LogP contribution in [0.1, 0.15) is 71.7 Å². The smallest absolute Gasteiger partial charge is 0.254 e. The highest BCUT2D eigenvalue weighted by atomic mass is 19.1. The maximum Gasteiger partial charge on any atom is 0.254 e. The van der Waals surface area contributed by atoms with Crippen LogP contribution in [0.2, 0.25) is 0 Å². The molecular formula is C27H30FN3O2. The summed E-state index contributed by atoms with van der Waals surface area (Å²) in [5.41, 5.74) is 3.82. The Morgan fingerprint density at radius 1 is 1.15 bits per heavy atom. The van der Waals surface area contributed by atoms with Gasteiger partial charge in [-0.25, -0.2) is 4.39 Å². The highest BCUT2D eigenvalue weighted by molar-refractivity contribution is 5.98. The number of halogens is 1. The molecule has 2 aromatic rings. The molecule has 172 valence electrons. The Kier molecular flexibility index (Phi) is 5.77. The first-order valence-electron chi connectivity index (χ1n) is 12.0. The molecule has 5 rings (SSSR count). The predicted molar refractivity (Wildman–Crippen MR) is 126 cm³/mol. The minimum Gasteiger partial charge on any atom is -0.349 e. The lowest BCUT2D eigenvalue weighted by Gasteiger charge is -2.36. The molecule has 2 amide bonds. The summed E-state index contributed by atoms with van der Waals surface area (Å²) in [6.07, 6.45) is 6.73. The number of nitrogens with zero attached hydrogens (tertiary/aromatic N) is 1. The van der Waals surface area contributed by atoms with Crippen LogP contribution in [0, 0.1) is 17.1 Å². The van der Waals surface area contributed by atoms with Crippen LogP contribution >= 0.6 is 0 Å². The van der Waals surface area contributed by atoms with Crippen molar-refractivity contribution in [3.8, 4) is 11.1 Å². The van der Waals surface area contributed by atoms with Crippen molar-refractivity contribution in [2.75, 3.05) is 6.54 Å². The lowest BCUT2D eigenvalue weighted by molar-refractivity contribution is 0.0678. The molecule has 1 heterocycles. The van der Waals surface area contributed by atoms with Crippen LogP contribution in [0.25, 0.3) is 11.1 Å². The Hall–Kier alpha value is -3.02. The van der Waals surface area contributed by atoms with E-state index in [1.807, 2.05) is 17.9 Å². The van der Waals surface area contributed by atoms with E-state index >= 15 is 0 Å². The number of carbonyl (C=O) groups is 2. The van der Waals surface area contributed by atoms with E-state index in [9.17, 15) is 14.0 Å². The molecule has 3 aliphatic rings. The topological polar surface area (TPSA) is 73.3 Å². The second-order valence-electron chi connectivity index (χ2n) is 9.77. The predicted octanol–water partition coefficient (Wildman–Crippen LogP) is 4.98. The number of rotatable bonds is 7. The van der Waals surface area contributed by atoms with Gasteiger partial charge in [-0.15, -0.1) is 0 Å². The lowest BCUT2D eigenvalue weighted by atomic mass is 9.79. The lowest BCUT2D eigenvalue weighted by Crippen LogP contribution is -2.45. The van der Waals surface area contributed by atoms with E-state index in [0.717, 1.165) is 37.0 Å². The standard InChI is InChI=1S/C27H30FN3O2/c1-16(13-25(29)17-3-2-4-17)31-12-11-19-14-18(5-10-23(19)27(31)33)22-9-6-20(15-24(22)28)26(32)30-21-7-8-21/h5-6,9-10,14-17,21,29H,2-4,7-8,11-13H2,1H3,(H,30,32)/t16-/m1/s1. The molecule has 2 saturated carbocycles. The third kappa shape index (κ3) is 4.43. The summed E-state index contributed by atoms with van der Waals surface area (Å²) >= 11 is 0. The number of amides is 2. The third-order valence-electron chi connectivity index (χ3n) is 7.32. The molecule has 33 heavy (non-hydrogen) atoms. The van der Waals surface area contributed by atoms with Gasteiger partial charge in [-0.2, -0.15) is 0 Å². The zero-order valence-electron chi connectivity index (χ0n) is 19.0. The molecular weight excluding hydrogens is 417 g/mol. The van der Waals surface area contributed by atoms with Gasteiger partial charge in [0.15, 0.2) is 0 Å². The molecule has 2 fully saturated rings. The third-order valence-corrected chi connectivity index (χ3v) is 7.32. The van der Waals surface area contributed by atoms with E-state index < -0.39 is 5.82 Å². The van der Waals surface area contributed by atoms with Crippen molar-refractivity contribution in [2.24, 2.45) is 5.92 Å². The molecule has 0 radical (unpaired) electrons. The van der Waals surface area contributed by atoms with Gasteiger partial charge in [0.05, 0.1) is 0 Å². The highest BCUT2D eigenvalue weighted by Crippen LogP contribution is 2.32. The minimum atomic E-state index is -0.440. The molecule has 1 aliphatic heterocycles. The van der Waals surface area contributed by atoms with E-state index in [-0.39, 0.29) is 23.9 Å². The molecule has 0 aromatic heterocycles. The van der Waals surface area contributed by atoms with Crippen molar-refractivity contribution in [2.45, 2.75) is 64.0 Å². The molecule has 6 heteroatoms. The van der Waals surface area contributed by atoms with Crippen molar-refractivity contribution < 1.29 is 14.0 Å². The van der Waals surface area contributed by atoms with Crippen molar-refractivity contribution >= 4 is 17.5 Å². The normalized spacial score (nSPS) is 19.0. The van der Waals surface area contributed by atoms with E-state index in [1.165, 1.54) is 12.5 Å². The number of carbonyl (C=O) groups excluding carboxylic acids is 2. The van der Waals surface area contributed by atoms with Crippen LogP contribution in [0.15, 0.2) is 36.4 Å². The number of hydrogen-bond donors (Lipinski definition) is 2. The van der Waals surface area contributed by atoms with Crippen molar-refractivity contribution in [3.05, 3.63) is 58.9 Å². The van der Waals surface area contributed by atoms with Gasteiger partial charge < -0.3 is 15.6 Å². The summed E-state index contributed by atoms with van der Waals surface area (Å²) in [6, 6.07) is 10.3. The van der Waals surface area contributed by atoms with Crippen molar-refractivity contribution in [1.82, 2.24) is 10.2 Å². The SMILES string of the molecule is C[C@H](CC(=N)C1CCC1)N1CCc2cc(-c3ccc(C(=O)NC4CC4)cc3F)ccc2C1=O. The summed E-state index contributed by atoms with van der Waals surface area (Å²) in [5, 5.41) is 11.2. The van der Waals surface area contributed by atoms with Gasteiger partial charge in [0.1, 0.15) is 5.82 Å². The van der Waals surface area contributed by atoms with Crippen LogP contribution in [-0.2, 0) is 6.42 Å². The van der Waals surface area contributed by atoms with Gasteiger partial charge in [0.25, 0.3) is 11.8 Å². The zero-order chi connectivity index (χ0) is 23.1. The Morgan fingerprint density at radius 2 is 1.91 bits per heavy atom. The second-order valence-corrected chi connectivity index (χ2v) is 9.77. The average Bonchev–Trinajstić information content (AvgIpc) is 3.56. The molecule has 0 bridgehead atoms. The first-order chi connectivity index (χ1) is 15.9. The maximum atomic E-state index is 14.9. The fraction of sp³-hybridized carbons (Fsp3) is 0.444. The summed E-state index contributed by atoms with van der Waals surface area (Å²) in [5.74, 6) is -0.281. The fourth-order valence-corrected chi connectivity index (χ4v) is 4.83. The molecule has 1 atom stereocenters. The number of benzene rings is 2. The second kappa shape index (κ2) is 8.73. The van der Waals surface area contributed by atoms with Crippen molar-refractivity contribution in [1.29, 1.82) is 5.41 Å². The van der Waals surface area contributed by atoms with E-state index in [4.69, 9.17) is 5.41 Å². The van der Waals surface area contributed by atoms with Gasteiger partial charge in [-0.3, -0.25) is 9.59 Å². The summed E-state index contributed by atoms with van der Waals surface area (Å²) in [6.45, 7) is 2.64. The Bertz CT molecular complexity index is 1120. The number of hydrogen-bond acceptors (Lipinski definition) is 3. The summed E-state index contributed by atoms with van der Waals surface area (Å²) in [7, 11) is 0. The largest absolute Gasteiger partial charge is 0.349 e. The van der Waals surface area contributed by atoms with E-state index in [2.05, 4.69) is 5.32 Å². The van der Waals surface area contributed by atoms with Gasteiger partial charge in [-0.1, -0.05) is 24.6 Å². The van der Waals surface area contributed by atoms with Crippen LogP contribution in [0.4, 0.5) is 4.39 Å². The monoisotopic (exact) mass is 447 g/mol. The zero-order valence-corrected chi connectivity index (χ0v) is 19.0. The number of nitrogens with one attached hydrogen (secondary N) is 2. The molecule has 5 nitrogen and oxygen atoms in total. The average molecular weight is 448 g/mol. The van der Waals surface area contributed by atoms with Gasteiger partial charge in [-0.05, 0) is 74.3 Å². The van der Waals surface area contributed by atoms with Crippen LogP contribution in [0.5, 0.6) is 0 Å². The molecule has 2 aromatic carbocycles. The maximum absolute atomic E-state index is 14.9. The van der Waals surface area contributed by atoms with Crippen molar-refractivity contribution in [3.63, 3.8) is 0 Å². The van der Waals surface area contributed by atoms with Gasteiger partial charge >= 0.3 is 0 Å². The summed E-state index contributed by atoms with van der Waals surface area (Å²) in [4.78, 5) is 27.2. The quantitative estimate of drug-likeness (QED) is 0.588. The van der Waals surface area contributed by atoms with E-state index in [1.54, 1.807) is 24.3 Å². The van der Waals surface area contributed by atoms with Gasteiger partial charge in [0, 0.05) is 47.5 Å². The number of fused-ring (bicyclic) bond motifs is 1. The molecule has 2 N–H and O–H groups in total. The fourth-order valence-electron chi connectivity index (χ4n) is 4.83. The summed E-state index contributed by atoms with van der Waals surface area (Å²) < 4.78 is 14.9. The molecule has 2 aliphatic carbocycles. The molecule has 0 spiro atoms. The molecule has 0 saturated heterocycles.